The number of aromatic nitrogens is 2. The Morgan fingerprint density at radius 1 is 1.06 bits per heavy atom. The summed E-state index contributed by atoms with van der Waals surface area (Å²) in [5.74, 6) is 1.10. The van der Waals surface area contributed by atoms with Crippen LogP contribution in [0.2, 0.25) is 10.0 Å². The number of esters is 1. The summed E-state index contributed by atoms with van der Waals surface area (Å²) in [7, 11) is 3.23. The largest absolute Gasteiger partial charge is 0.485 e. The molecule has 1 aromatic heterocycles. The van der Waals surface area contributed by atoms with E-state index in [9.17, 15) is 4.79 Å². The van der Waals surface area contributed by atoms with Crippen molar-refractivity contribution < 1.29 is 19.0 Å². The van der Waals surface area contributed by atoms with Gasteiger partial charge in [-0.25, -0.2) is 9.78 Å². The van der Waals surface area contributed by atoms with Crippen LogP contribution in [0.1, 0.15) is 34.4 Å². The van der Waals surface area contributed by atoms with Crippen molar-refractivity contribution in [3.63, 3.8) is 0 Å². The number of ether oxygens (including phenoxy) is 3. The van der Waals surface area contributed by atoms with Gasteiger partial charge in [0, 0.05) is 28.9 Å². The van der Waals surface area contributed by atoms with Gasteiger partial charge in [0.2, 0.25) is 0 Å². The second-order valence-corrected chi connectivity index (χ2v) is 7.89. The van der Waals surface area contributed by atoms with Gasteiger partial charge in [0.1, 0.15) is 19.0 Å². The number of halogens is 2. The maximum atomic E-state index is 12.0. The number of methoxy groups -OCH3 is 1. The van der Waals surface area contributed by atoms with Crippen molar-refractivity contribution in [3.05, 3.63) is 93.5 Å². The molecule has 0 amide bonds. The van der Waals surface area contributed by atoms with Crippen LogP contribution >= 0.6 is 23.2 Å². The van der Waals surface area contributed by atoms with Gasteiger partial charge in [-0.05, 0) is 43.3 Å². The van der Waals surface area contributed by atoms with Gasteiger partial charge in [-0.2, -0.15) is 0 Å². The molecule has 0 spiro atoms. The molecule has 33 heavy (non-hydrogen) atoms. The highest BCUT2D eigenvalue weighted by atomic mass is 35.5. The molecule has 0 fully saturated rings. The molecule has 0 aliphatic heterocycles. The SMILES string of the molecule is C/C=C\C=C/c1cn(C)c(COc2ccc(C(=O)OC)cc2OCc2ccc(Cl)cc2Cl)n1. The first-order chi connectivity index (χ1) is 15.9. The van der Waals surface area contributed by atoms with Crippen LogP contribution in [0, 0.1) is 0 Å². The lowest BCUT2D eigenvalue weighted by molar-refractivity contribution is 0.0600. The van der Waals surface area contributed by atoms with Gasteiger partial charge in [-0.15, -0.1) is 0 Å². The number of hydrogen-bond acceptors (Lipinski definition) is 5. The minimum Gasteiger partial charge on any atom is -0.485 e. The molecule has 1 heterocycles. The van der Waals surface area contributed by atoms with E-state index < -0.39 is 5.97 Å². The fraction of sp³-hybridized carbons (Fsp3) is 0.200. The zero-order valence-corrected chi connectivity index (χ0v) is 20.1. The number of imidazole rings is 1. The summed E-state index contributed by atoms with van der Waals surface area (Å²) in [5.41, 5.74) is 1.91. The maximum absolute atomic E-state index is 12.0. The summed E-state index contributed by atoms with van der Waals surface area (Å²) in [5, 5.41) is 1.02. The van der Waals surface area contributed by atoms with Gasteiger partial charge >= 0.3 is 5.97 Å². The minimum atomic E-state index is -0.474. The summed E-state index contributed by atoms with van der Waals surface area (Å²) in [6.45, 7) is 2.33. The lowest BCUT2D eigenvalue weighted by Gasteiger charge is -2.14. The van der Waals surface area contributed by atoms with E-state index in [1.807, 2.05) is 49.0 Å². The van der Waals surface area contributed by atoms with Crippen LogP contribution in [-0.4, -0.2) is 22.6 Å². The van der Waals surface area contributed by atoms with Gasteiger partial charge in [0.05, 0.1) is 18.4 Å². The number of aryl methyl sites for hydroxylation is 1. The highest BCUT2D eigenvalue weighted by molar-refractivity contribution is 6.35. The molecule has 0 aliphatic rings. The van der Waals surface area contributed by atoms with Crippen LogP contribution in [0.4, 0.5) is 0 Å². The van der Waals surface area contributed by atoms with Gasteiger partial charge < -0.3 is 18.8 Å². The molecule has 2 aromatic carbocycles. The smallest absolute Gasteiger partial charge is 0.337 e. The zero-order chi connectivity index (χ0) is 23.8. The molecular formula is C25H24Cl2N2O4. The van der Waals surface area contributed by atoms with Crippen LogP contribution in [0.25, 0.3) is 6.08 Å². The Morgan fingerprint density at radius 2 is 1.85 bits per heavy atom. The molecule has 8 heteroatoms. The highest BCUT2D eigenvalue weighted by Crippen LogP contribution is 2.31. The number of allylic oxidation sites excluding steroid dienone is 3. The Kier molecular flexibility index (Phi) is 8.58. The van der Waals surface area contributed by atoms with E-state index in [0.717, 1.165) is 17.1 Å². The molecule has 6 nitrogen and oxygen atoms in total. The van der Waals surface area contributed by atoms with Crippen molar-refractivity contribution in [2.45, 2.75) is 20.1 Å². The van der Waals surface area contributed by atoms with Gasteiger partial charge in [-0.1, -0.05) is 47.5 Å². The predicted octanol–water partition coefficient (Wildman–Crippen LogP) is 6.26. The Morgan fingerprint density at radius 3 is 2.58 bits per heavy atom. The number of benzene rings is 2. The molecule has 0 radical (unpaired) electrons. The van der Waals surface area contributed by atoms with Crippen molar-refractivity contribution in [3.8, 4) is 11.5 Å². The second-order valence-electron chi connectivity index (χ2n) is 7.04. The molecular weight excluding hydrogens is 463 g/mol. The first-order valence-electron chi connectivity index (χ1n) is 10.1. The molecule has 0 bridgehead atoms. The lowest BCUT2D eigenvalue weighted by Crippen LogP contribution is -2.07. The summed E-state index contributed by atoms with van der Waals surface area (Å²) in [6, 6.07) is 10.0. The average molecular weight is 487 g/mol. The van der Waals surface area contributed by atoms with Crippen molar-refractivity contribution in [1.82, 2.24) is 9.55 Å². The van der Waals surface area contributed by atoms with Gasteiger partial charge in [0.25, 0.3) is 0 Å². The standard InChI is InChI=1S/C25H24Cl2N2O4/c1-4-5-6-7-20-14-29(2)24(28-20)16-33-22-11-9-17(25(30)31-3)12-23(22)32-15-18-8-10-19(26)13-21(18)27/h4-14H,15-16H2,1-3H3/b5-4-,7-6-. The fourth-order valence-electron chi connectivity index (χ4n) is 2.93. The third kappa shape index (κ3) is 6.63. The molecule has 0 saturated carbocycles. The minimum absolute atomic E-state index is 0.166. The van der Waals surface area contributed by atoms with Crippen molar-refractivity contribution >= 4 is 35.2 Å². The monoisotopic (exact) mass is 486 g/mol. The second kappa shape index (κ2) is 11.6. The fourth-order valence-corrected chi connectivity index (χ4v) is 3.39. The summed E-state index contributed by atoms with van der Waals surface area (Å²) in [4.78, 5) is 16.6. The summed E-state index contributed by atoms with van der Waals surface area (Å²) >= 11 is 12.2. The van der Waals surface area contributed by atoms with Crippen LogP contribution in [-0.2, 0) is 25.0 Å². The van der Waals surface area contributed by atoms with Crippen molar-refractivity contribution in [1.29, 1.82) is 0 Å². The van der Waals surface area contributed by atoms with Crippen LogP contribution < -0.4 is 9.47 Å². The van der Waals surface area contributed by atoms with E-state index in [0.29, 0.717) is 27.1 Å². The molecule has 0 atom stereocenters. The first-order valence-corrected chi connectivity index (χ1v) is 10.9. The van der Waals surface area contributed by atoms with E-state index in [1.54, 1.807) is 36.4 Å². The molecule has 0 unspecified atom stereocenters. The van der Waals surface area contributed by atoms with E-state index in [-0.39, 0.29) is 13.2 Å². The highest BCUT2D eigenvalue weighted by Gasteiger charge is 2.14. The predicted molar refractivity (Wildman–Crippen MR) is 130 cm³/mol. The molecule has 172 valence electrons. The van der Waals surface area contributed by atoms with Gasteiger partial charge in [-0.3, -0.25) is 0 Å². The number of carbonyl (C=O) groups excluding carboxylic acids is 1. The van der Waals surface area contributed by atoms with Crippen LogP contribution in [0.5, 0.6) is 11.5 Å². The normalized spacial score (nSPS) is 11.3. The van der Waals surface area contributed by atoms with Crippen LogP contribution in [0.3, 0.4) is 0 Å². The molecule has 3 aromatic rings. The Bertz CT molecular complexity index is 1190. The van der Waals surface area contributed by atoms with Crippen LogP contribution in [0.15, 0.2) is 60.8 Å². The topological polar surface area (TPSA) is 62.6 Å². The summed E-state index contributed by atoms with van der Waals surface area (Å²) in [6.07, 6.45) is 9.63. The maximum Gasteiger partial charge on any atom is 0.337 e. The number of carbonyl (C=O) groups is 1. The van der Waals surface area contributed by atoms with Crippen molar-refractivity contribution in [2.24, 2.45) is 7.05 Å². The average Bonchev–Trinajstić information content (AvgIpc) is 3.16. The molecule has 3 rings (SSSR count). The Balaban J connectivity index is 1.80. The lowest BCUT2D eigenvalue weighted by atomic mass is 10.2. The molecule has 0 saturated heterocycles. The quantitative estimate of drug-likeness (QED) is 0.263. The molecule has 0 aliphatic carbocycles. The Hall–Kier alpha value is -3.22. The number of nitrogens with zero attached hydrogens (tertiary/aromatic N) is 2. The third-order valence-corrected chi connectivity index (χ3v) is 5.27. The number of hydrogen-bond donors (Lipinski definition) is 0. The van der Waals surface area contributed by atoms with E-state index in [4.69, 9.17) is 37.4 Å². The zero-order valence-electron chi connectivity index (χ0n) is 18.5. The third-order valence-electron chi connectivity index (χ3n) is 4.68. The summed E-state index contributed by atoms with van der Waals surface area (Å²) < 4.78 is 18.7. The van der Waals surface area contributed by atoms with E-state index in [1.165, 1.54) is 7.11 Å². The van der Waals surface area contributed by atoms with Gasteiger partial charge in [0.15, 0.2) is 11.5 Å². The van der Waals surface area contributed by atoms with E-state index >= 15 is 0 Å². The number of rotatable bonds is 9. The first kappa shape index (κ1) is 24.4. The Labute approximate surface area is 203 Å². The molecule has 0 N–H and O–H groups in total. The van der Waals surface area contributed by atoms with Crippen molar-refractivity contribution in [2.75, 3.05) is 7.11 Å². The van der Waals surface area contributed by atoms with E-state index in [2.05, 4.69) is 4.98 Å².